The summed E-state index contributed by atoms with van der Waals surface area (Å²) in [5, 5.41) is 2.69. The maximum absolute atomic E-state index is 11.2. The van der Waals surface area contributed by atoms with Gasteiger partial charge < -0.3 is 9.73 Å². The maximum atomic E-state index is 11.2. The molecule has 0 saturated heterocycles. The van der Waals surface area contributed by atoms with Gasteiger partial charge in [-0.25, -0.2) is 4.98 Å². The number of hydrogen-bond acceptors (Lipinski definition) is 3. The first kappa shape index (κ1) is 10.1. The minimum Gasteiger partial charge on any atom is -0.440 e. The molecule has 1 aliphatic carbocycles. The highest BCUT2D eigenvalue weighted by Crippen LogP contribution is 2.40. The fourth-order valence-corrected chi connectivity index (χ4v) is 1.72. The number of amides is 1. The van der Waals surface area contributed by atoms with Crippen molar-refractivity contribution < 1.29 is 9.21 Å². The smallest absolute Gasteiger partial charge is 0.247 e. The van der Waals surface area contributed by atoms with Crippen molar-refractivity contribution in [2.24, 2.45) is 0 Å². The summed E-state index contributed by atoms with van der Waals surface area (Å²) in [4.78, 5) is 15.6. The number of oxazole rings is 1. The summed E-state index contributed by atoms with van der Waals surface area (Å²) in [7, 11) is 0. The summed E-state index contributed by atoms with van der Waals surface area (Å²) in [5.41, 5.74) is 2.25. The second-order valence-electron chi connectivity index (χ2n) is 4.20. The predicted molar refractivity (Wildman–Crippen MR) is 64.8 cm³/mol. The summed E-state index contributed by atoms with van der Waals surface area (Å²) in [6.45, 7) is 3.41. The van der Waals surface area contributed by atoms with E-state index in [-0.39, 0.29) is 5.91 Å². The van der Waals surface area contributed by atoms with E-state index in [1.54, 1.807) is 6.07 Å². The first-order valence-electron chi connectivity index (χ1n) is 5.60. The molecule has 1 aromatic carbocycles. The number of aromatic nitrogens is 1. The third-order valence-corrected chi connectivity index (χ3v) is 2.78. The number of benzene rings is 1. The fraction of sp³-hybridized carbons (Fsp3) is 0.231. The van der Waals surface area contributed by atoms with Gasteiger partial charge in [-0.15, -0.1) is 0 Å². The van der Waals surface area contributed by atoms with Gasteiger partial charge in [0.15, 0.2) is 11.5 Å². The van der Waals surface area contributed by atoms with Crippen molar-refractivity contribution in [2.45, 2.75) is 18.8 Å². The Labute approximate surface area is 98.3 Å². The molecule has 0 spiro atoms. The molecule has 1 heterocycles. The van der Waals surface area contributed by atoms with E-state index in [1.807, 2.05) is 12.1 Å². The highest BCUT2D eigenvalue weighted by molar-refractivity contribution is 5.99. The monoisotopic (exact) mass is 228 g/mol. The van der Waals surface area contributed by atoms with Crippen LogP contribution >= 0.6 is 0 Å². The quantitative estimate of drug-likeness (QED) is 0.822. The average Bonchev–Trinajstić information content (AvgIpc) is 3.09. The van der Waals surface area contributed by atoms with Crippen molar-refractivity contribution in [2.75, 3.05) is 5.32 Å². The minimum atomic E-state index is -0.230. The van der Waals surface area contributed by atoms with E-state index in [9.17, 15) is 4.79 Å². The summed E-state index contributed by atoms with van der Waals surface area (Å²) >= 11 is 0. The molecular weight excluding hydrogens is 216 g/mol. The number of carbonyl (C=O) groups excluding carboxylic acids is 1. The third kappa shape index (κ3) is 1.93. The molecule has 0 aliphatic heterocycles. The standard InChI is InChI=1S/C13H12N2O2/c1-2-12(16)14-9-5-6-10-11(7-9)17-13(15-10)8-3-4-8/h2,5-8H,1,3-4H2,(H,14,16). The van der Waals surface area contributed by atoms with E-state index in [0.29, 0.717) is 17.2 Å². The molecule has 17 heavy (non-hydrogen) atoms. The maximum Gasteiger partial charge on any atom is 0.247 e. The fourth-order valence-electron chi connectivity index (χ4n) is 1.72. The van der Waals surface area contributed by atoms with Gasteiger partial charge in [0.1, 0.15) is 5.52 Å². The van der Waals surface area contributed by atoms with Crippen LogP contribution in [0.3, 0.4) is 0 Å². The Bertz CT molecular complexity index is 596. The van der Waals surface area contributed by atoms with Gasteiger partial charge >= 0.3 is 0 Å². The number of nitrogens with one attached hydrogen (secondary N) is 1. The lowest BCUT2D eigenvalue weighted by atomic mass is 10.3. The largest absolute Gasteiger partial charge is 0.440 e. The lowest BCUT2D eigenvalue weighted by Gasteiger charge is -2.00. The van der Waals surface area contributed by atoms with Gasteiger partial charge in [0, 0.05) is 17.7 Å². The second kappa shape index (κ2) is 3.73. The van der Waals surface area contributed by atoms with Crippen LogP contribution in [0, 0.1) is 0 Å². The van der Waals surface area contributed by atoms with Gasteiger partial charge in [-0.2, -0.15) is 0 Å². The number of carbonyl (C=O) groups is 1. The van der Waals surface area contributed by atoms with Gasteiger partial charge in [-0.05, 0) is 31.1 Å². The molecule has 2 aromatic rings. The van der Waals surface area contributed by atoms with Crippen LogP contribution in [0.15, 0.2) is 35.3 Å². The topological polar surface area (TPSA) is 55.1 Å². The molecule has 0 bridgehead atoms. The molecule has 4 nitrogen and oxygen atoms in total. The Morgan fingerprint density at radius 1 is 1.53 bits per heavy atom. The molecule has 1 fully saturated rings. The molecule has 86 valence electrons. The van der Waals surface area contributed by atoms with Gasteiger partial charge in [0.25, 0.3) is 0 Å². The van der Waals surface area contributed by atoms with E-state index in [1.165, 1.54) is 6.08 Å². The summed E-state index contributed by atoms with van der Waals surface area (Å²) in [6, 6.07) is 5.45. The van der Waals surface area contributed by atoms with E-state index in [2.05, 4.69) is 16.9 Å². The van der Waals surface area contributed by atoms with Crippen LogP contribution in [0.1, 0.15) is 24.7 Å². The molecule has 0 unspecified atom stereocenters. The first-order valence-corrected chi connectivity index (χ1v) is 5.60. The summed E-state index contributed by atoms with van der Waals surface area (Å²) in [5.74, 6) is 1.08. The lowest BCUT2D eigenvalue weighted by molar-refractivity contribution is -0.111. The van der Waals surface area contributed by atoms with Gasteiger partial charge in [-0.1, -0.05) is 6.58 Å². The number of hydrogen-bond donors (Lipinski definition) is 1. The van der Waals surface area contributed by atoms with Crippen LogP contribution in [0.5, 0.6) is 0 Å². The zero-order valence-corrected chi connectivity index (χ0v) is 9.27. The molecule has 1 amide bonds. The van der Waals surface area contributed by atoms with Crippen LogP contribution in [0.4, 0.5) is 5.69 Å². The Kier molecular flexibility index (Phi) is 2.21. The summed E-state index contributed by atoms with van der Waals surface area (Å²) in [6.07, 6.45) is 3.56. The normalized spacial score (nSPS) is 14.8. The van der Waals surface area contributed by atoms with Crippen LogP contribution in [-0.2, 0) is 4.79 Å². The van der Waals surface area contributed by atoms with Crippen LogP contribution in [-0.4, -0.2) is 10.9 Å². The van der Waals surface area contributed by atoms with E-state index < -0.39 is 0 Å². The molecule has 1 N–H and O–H groups in total. The van der Waals surface area contributed by atoms with E-state index >= 15 is 0 Å². The number of anilines is 1. The molecule has 0 atom stereocenters. The van der Waals surface area contributed by atoms with Crippen molar-refractivity contribution in [1.29, 1.82) is 0 Å². The van der Waals surface area contributed by atoms with Crippen LogP contribution < -0.4 is 5.32 Å². The predicted octanol–water partition coefficient (Wildman–Crippen LogP) is 2.83. The highest BCUT2D eigenvalue weighted by Gasteiger charge is 2.28. The van der Waals surface area contributed by atoms with Gasteiger partial charge in [0.2, 0.25) is 5.91 Å². The van der Waals surface area contributed by atoms with Crippen molar-refractivity contribution >= 4 is 22.7 Å². The Morgan fingerprint density at radius 3 is 3.06 bits per heavy atom. The zero-order chi connectivity index (χ0) is 11.8. The SMILES string of the molecule is C=CC(=O)Nc1ccc2nc(C3CC3)oc2c1. The van der Waals surface area contributed by atoms with Crippen molar-refractivity contribution in [3.8, 4) is 0 Å². The average molecular weight is 228 g/mol. The second-order valence-corrected chi connectivity index (χ2v) is 4.20. The molecule has 3 rings (SSSR count). The molecule has 1 aliphatic rings. The van der Waals surface area contributed by atoms with Gasteiger partial charge in [0.05, 0.1) is 0 Å². The van der Waals surface area contributed by atoms with Crippen LogP contribution in [0.2, 0.25) is 0 Å². The Hall–Kier alpha value is -2.10. The van der Waals surface area contributed by atoms with Crippen molar-refractivity contribution in [3.63, 3.8) is 0 Å². The van der Waals surface area contributed by atoms with Crippen molar-refractivity contribution in [3.05, 3.63) is 36.7 Å². The third-order valence-electron chi connectivity index (χ3n) is 2.78. The van der Waals surface area contributed by atoms with E-state index in [0.717, 1.165) is 24.2 Å². The van der Waals surface area contributed by atoms with Crippen LogP contribution in [0.25, 0.3) is 11.1 Å². The zero-order valence-electron chi connectivity index (χ0n) is 9.27. The molecule has 0 radical (unpaired) electrons. The number of rotatable bonds is 3. The molecule has 1 aromatic heterocycles. The lowest BCUT2D eigenvalue weighted by Crippen LogP contribution is -2.06. The van der Waals surface area contributed by atoms with Crippen molar-refractivity contribution in [1.82, 2.24) is 4.98 Å². The Balaban J connectivity index is 1.94. The Morgan fingerprint density at radius 2 is 2.35 bits per heavy atom. The van der Waals surface area contributed by atoms with E-state index in [4.69, 9.17) is 4.42 Å². The summed E-state index contributed by atoms with van der Waals surface area (Å²) < 4.78 is 5.66. The minimum absolute atomic E-state index is 0.230. The van der Waals surface area contributed by atoms with Gasteiger partial charge in [-0.3, -0.25) is 4.79 Å². The highest BCUT2D eigenvalue weighted by atomic mass is 16.3. The number of fused-ring (bicyclic) bond motifs is 1. The number of nitrogens with zero attached hydrogens (tertiary/aromatic N) is 1. The molecule has 4 heteroatoms. The first-order chi connectivity index (χ1) is 8.26. The molecule has 1 saturated carbocycles. The molecular formula is C13H12N2O2.